The van der Waals surface area contributed by atoms with Crippen molar-refractivity contribution in [2.24, 2.45) is 0 Å². The summed E-state index contributed by atoms with van der Waals surface area (Å²) >= 11 is 0. The number of aliphatic hydroxyl groups is 1. The fraction of sp³-hybridized carbons (Fsp3) is 0.833. The Hall–Kier alpha value is 0.806. The van der Waals surface area contributed by atoms with Crippen LogP contribution in [0.3, 0.4) is 0 Å². The van der Waals surface area contributed by atoms with E-state index in [4.69, 9.17) is 5.11 Å². The van der Waals surface area contributed by atoms with Crippen LogP contribution in [0.2, 0.25) is 0 Å². The number of unbranched alkanes of at least 4 members (excludes halogenated alkanes) is 8. The average Bonchev–Trinajstić information content (AvgIpc) is 2.45. The Bertz CT molecular complexity index is 273. The van der Waals surface area contributed by atoms with Crippen LogP contribution >= 0.6 is 0 Å². The van der Waals surface area contributed by atoms with E-state index in [1.165, 1.54) is 25.7 Å². The Morgan fingerprint density at radius 2 is 1.64 bits per heavy atom. The third kappa shape index (κ3) is 20.8. The minimum atomic E-state index is -0.689. The molecule has 0 aliphatic carbocycles. The third-order valence-electron chi connectivity index (χ3n) is 3.73. The van der Waals surface area contributed by atoms with Crippen molar-refractivity contribution in [2.45, 2.75) is 96.5 Å². The van der Waals surface area contributed by atoms with Gasteiger partial charge in [0.15, 0.2) is 0 Å². The molecule has 0 spiro atoms. The third-order valence-corrected chi connectivity index (χ3v) is 3.73. The molecule has 0 heterocycles. The van der Waals surface area contributed by atoms with Crippen LogP contribution < -0.4 is 51.4 Å². The van der Waals surface area contributed by atoms with Gasteiger partial charge in [0.2, 0.25) is 0 Å². The predicted octanol–water partition coefficient (Wildman–Crippen LogP) is 2.20. The molecule has 0 amide bonds. The zero-order valence-corrected chi connectivity index (χ0v) is 17.9. The minimum absolute atomic E-state index is 0. The van der Waals surface area contributed by atoms with E-state index in [1.54, 1.807) is 0 Å². The largest absolute Gasteiger partial charge is 1.00 e. The zero-order valence-electron chi connectivity index (χ0n) is 15.7. The average molecular weight is 339 g/mol. The van der Waals surface area contributed by atoms with Crippen LogP contribution in [-0.4, -0.2) is 22.3 Å². The summed E-state index contributed by atoms with van der Waals surface area (Å²) in [5, 5.41) is 18.3. The van der Waals surface area contributed by atoms with Gasteiger partial charge in [-0.15, -0.1) is 0 Å². The zero-order chi connectivity index (χ0) is 15.8. The summed E-state index contributed by atoms with van der Waals surface area (Å²) in [4.78, 5) is 10.3. The first-order chi connectivity index (χ1) is 10.2. The monoisotopic (exact) mass is 338 g/mol. The number of allylic oxidation sites excluding steroid dienone is 1. The van der Waals surface area contributed by atoms with E-state index >= 15 is 0 Å². The molecule has 0 bridgehead atoms. The molecule has 3 nitrogen and oxygen atoms in total. The molecular weight excluding hydrogens is 303 g/mol. The molecule has 0 aromatic heterocycles. The predicted molar refractivity (Wildman–Crippen MR) is 89.6 cm³/mol. The van der Waals surface area contributed by atoms with Crippen LogP contribution in [0.4, 0.5) is 0 Å². The number of aliphatic carboxylic acids is 1. The van der Waals surface area contributed by atoms with Crippen LogP contribution in [0.25, 0.3) is 0 Å². The molecular formula is C18H35KO3. The van der Waals surface area contributed by atoms with Crippen molar-refractivity contribution < 1.29 is 67.8 Å². The van der Waals surface area contributed by atoms with Gasteiger partial charge >= 0.3 is 57.4 Å². The molecule has 0 aliphatic rings. The van der Waals surface area contributed by atoms with Gasteiger partial charge in [-0.2, -0.15) is 0 Å². The second-order valence-corrected chi connectivity index (χ2v) is 5.91. The van der Waals surface area contributed by atoms with Crippen LogP contribution in [0.1, 0.15) is 91.8 Å². The quantitative estimate of drug-likeness (QED) is 0.273. The number of carboxylic acids is 1. The molecule has 1 atom stereocenters. The number of rotatable bonds is 15. The maximum Gasteiger partial charge on any atom is 1.00 e. The first kappa shape index (κ1) is 25.1. The maximum absolute atomic E-state index is 10.3. The molecule has 0 aliphatic heterocycles. The van der Waals surface area contributed by atoms with Crippen LogP contribution in [-0.2, 0) is 4.79 Å². The number of carbonyl (C=O) groups is 1. The van der Waals surface area contributed by atoms with Crippen LogP contribution in [0.5, 0.6) is 0 Å². The van der Waals surface area contributed by atoms with Gasteiger partial charge in [0.25, 0.3) is 0 Å². The number of hydrogen-bond donors (Lipinski definition) is 2. The number of carboxylic acid groups (broad SMARTS) is 1. The topological polar surface area (TPSA) is 57.5 Å². The van der Waals surface area contributed by atoms with Crippen molar-refractivity contribution in [3.05, 3.63) is 12.2 Å². The summed E-state index contributed by atoms with van der Waals surface area (Å²) in [6.07, 6.45) is 17.4. The summed E-state index contributed by atoms with van der Waals surface area (Å²) in [5.74, 6) is -0.689. The molecule has 126 valence electrons. The molecule has 0 rings (SSSR count). The molecule has 4 heteroatoms. The Kier molecular flexibility index (Phi) is 22.6. The molecule has 0 saturated carbocycles. The van der Waals surface area contributed by atoms with Gasteiger partial charge in [-0.1, -0.05) is 64.0 Å². The second kappa shape index (κ2) is 19.9. The van der Waals surface area contributed by atoms with E-state index < -0.39 is 5.97 Å². The van der Waals surface area contributed by atoms with Gasteiger partial charge in [0.1, 0.15) is 0 Å². The van der Waals surface area contributed by atoms with Crippen molar-refractivity contribution in [1.29, 1.82) is 0 Å². The van der Waals surface area contributed by atoms with E-state index in [9.17, 15) is 9.90 Å². The normalized spacial score (nSPS) is 12.3. The maximum atomic E-state index is 10.3. The molecule has 0 unspecified atom stereocenters. The van der Waals surface area contributed by atoms with E-state index in [-0.39, 0.29) is 58.9 Å². The van der Waals surface area contributed by atoms with Gasteiger partial charge in [0, 0.05) is 6.42 Å². The molecule has 0 saturated heterocycles. The summed E-state index contributed by atoms with van der Waals surface area (Å²) in [7, 11) is 0. The second-order valence-electron chi connectivity index (χ2n) is 5.91. The van der Waals surface area contributed by atoms with Gasteiger partial charge in [-0.05, 0) is 32.1 Å². The molecule has 0 radical (unpaired) electrons. The SMILES string of the molecule is CCCCCC[C@@H](O)C/C=C\CCCCCCCC(=O)O.[H-].[K+]. The fourth-order valence-electron chi connectivity index (χ4n) is 2.36. The standard InChI is InChI=1S/C18H34O3.K.H/c1-2-3-4-11-14-17(19)15-12-9-7-5-6-8-10-13-16-18(20)21;;/h9,12,17,19H,2-8,10-11,13-16H2,1H3,(H,20,21);;/q;+1;-1/b12-9-;;/t17-;;/m1../s1. The summed E-state index contributed by atoms with van der Waals surface area (Å²) in [6, 6.07) is 0. The van der Waals surface area contributed by atoms with E-state index in [1.807, 2.05) is 0 Å². The Morgan fingerprint density at radius 3 is 2.32 bits per heavy atom. The molecule has 2 N–H and O–H groups in total. The van der Waals surface area contributed by atoms with E-state index in [0.29, 0.717) is 6.42 Å². The molecule has 0 fully saturated rings. The van der Waals surface area contributed by atoms with Crippen molar-refractivity contribution in [3.63, 3.8) is 0 Å². The number of hydrogen-bond acceptors (Lipinski definition) is 2. The molecule has 22 heavy (non-hydrogen) atoms. The van der Waals surface area contributed by atoms with Gasteiger partial charge < -0.3 is 11.6 Å². The summed E-state index contributed by atoms with van der Waals surface area (Å²) in [6.45, 7) is 2.20. The van der Waals surface area contributed by atoms with E-state index in [0.717, 1.165) is 51.4 Å². The fourth-order valence-corrected chi connectivity index (χ4v) is 2.36. The first-order valence-corrected chi connectivity index (χ1v) is 8.71. The van der Waals surface area contributed by atoms with Crippen LogP contribution in [0, 0.1) is 0 Å². The van der Waals surface area contributed by atoms with Crippen molar-refractivity contribution in [2.75, 3.05) is 0 Å². The smallest absolute Gasteiger partial charge is 1.00 e. The Morgan fingerprint density at radius 1 is 1.00 bits per heavy atom. The number of aliphatic hydroxyl groups excluding tert-OH is 1. The Balaban J connectivity index is -0.00000200. The molecule has 0 aromatic rings. The van der Waals surface area contributed by atoms with Crippen LogP contribution in [0.15, 0.2) is 12.2 Å². The summed E-state index contributed by atoms with van der Waals surface area (Å²) < 4.78 is 0. The first-order valence-electron chi connectivity index (χ1n) is 8.71. The van der Waals surface area contributed by atoms with Crippen molar-refractivity contribution in [3.8, 4) is 0 Å². The Labute approximate surface area is 180 Å². The molecule has 0 aromatic carbocycles. The minimum Gasteiger partial charge on any atom is -1.00 e. The van der Waals surface area contributed by atoms with Gasteiger partial charge in [-0.25, -0.2) is 0 Å². The summed E-state index contributed by atoms with van der Waals surface area (Å²) in [5.41, 5.74) is 0. The van der Waals surface area contributed by atoms with Crippen molar-refractivity contribution in [1.82, 2.24) is 0 Å². The van der Waals surface area contributed by atoms with Crippen molar-refractivity contribution >= 4 is 5.97 Å². The van der Waals surface area contributed by atoms with Gasteiger partial charge in [0.05, 0.1) is 6.10 Å². The van der Waals surface area contributed by atoms with E-state index in [2.05, 4.69) is 19.1 Å². The van der Waals surface area contributed by atoms with Gasteiger partial charge in [-0.3, -0.25) is 4.79 Å².